The Morgan fingerprint density at radius 2 is 2.47 bits per heavy atom. The Morgan fingerprint density at radius 1 is 1.53 bits per heavy atom. The molecule has 0 saturated heterocycles. The average Bonchev–Trinajstić information content (AvgIpc) is 2.98. The number of aromatic amines is 1. The molecule has 0 aliphatic carbocycles. The Kier molecular flexibility index (Phi) is 2.32. The van der Waals surface area contributed by atoms with Crippen molar-refractivity contribution < 1.29 is 4.79 Å². The third-order valence-corrected chi connectivity index (χ3v) is 2.79. The van der Waals surface area contributed by atoms with Crippen LogP contribution in [0.4, 0.5) is 11.5 Å². The molecular formula is C11H13N5O. The van der Waals surface area contributed by atoms with E-state index in [0.29, 0.717) is 5.56 Å². The molecule has 0 spiro atoms. The molecule has 3 heterocycles. The van der Waals surface area contributed by atoms with E-state index in [2.05, 4.69) is 20.7 Å². The SMILES string of the molecule is O=C(Nc1cnn2c1NCCC2)c1cc[nH]c1. The van der Waals surface area contributed by atoms with Gasteiger partial charge in [0.1, 0.15) is 11.5 Å². The molecular weight excluding hydrogens is 218 g/mol. The minimum absolute atomic E-state index is 0.130. The lowest BCUT2D eigenvalue weighted by molar-refractivity contribution is 0.102. The van der Waals surface area contributed by atoms with Gasteiger partial charge >= 0.3 is 0 Å². The number of nitrogens with one attached hydrogen (secondary N) is 3. The van der Waals surface area contributed by atoms with Gasteiger partial charge in [0.25, 0.3) is 5.91 Å². The highest BCUT2D eigenvalue weighted by Gasteiger charge is 2.16. The van der Waals surface area contributed by atoms with Gasteiger partial charge in [-0.1, -0.05) is 0 Å². The van der Waals surface area contributed by atoms with Crippen LogP contribution in [0.15, 0.2) is 24.7 Å². The Morgan fingerprint density at radius 3 is 3.29 bits per heavy atom. The minimum atomic E-state index is -0.130. The molecule has 1 aliphatic heterocycles. The summed E-state index contributed by atoms with van der Waals surface area (Å²) in [6, 6.07) is 1.73. The molecule has 0 aromatic carbocycles. The highest BCUT2D eigenvalue weighted by molar-refractivity contribution is 6.05. The lowest BCUT2D eigenvalue weighted by Crippen LogP contribution is -2.19. The first kappa shape index (κ1) is 9.95. The number of carbonyl (C=O) groups is 1. The summed E-state index contributed by atoms with van der Waals surface area (Å²) >= 11 is 0. The smallest absolute Gasteiger partial charge is 0.257 e. The number of rotatable bonds is 2. The standard InChI is InChI=1S/C11H13N5O/c17-11(8-2-4-12-6-8)15-9-7-14-16-5-1-3-13-10(9)16/h2,4,6-7,12-13H,1,3,5H2,(H,15,17). The highest BCUT2D eigenvalue weighted by Crippen LogP contribution is 2.24. The van der Waals surface area contributed by atoms with Crippen LogP contribution < -0.4 is 10.6 Å². The maximum absolute atomic E-state index is 11.9. The summed E-state index contributed by atoms with van der Waals surface area (Å²) in [5, 5.41) is 10.3. The molecule has 1 amide bonds. The molecule has 17 heavy (non-hydrogen) atoms. The van der Waals surface area contributed by atoms with Crippen molar-refractivity contribution in [3.8, 4) is 0 Å². The van der Waals surface area contributed by atoms with Crippen LogP contribution in [-0.2, 0) is 6.54 Å². The van der Waals surface area contributed by atoms with Crippen molar-refractivity contribution in [3.05, 3.63) is 30.2 Å². The van der Waals surface area contributed by atoms with Gasteiger partial charge in [-0.3, -0.25) is 4.79 Å². The van der Waals surface area contributed by atoms with Crippen LogP contribution >= 0.6 is 0 Å². The summed E-state index contributed by atoms with van der Waals surface area (Å²) in [7, 11) is 0. The van der Waals surface area contributed by atoms with Crippen molar-refractivity contribution in [1.29, 1.82) is 0 Å². The summed E-state index contributed by atoms with van der Waals surface area (Å²) in [5.74, 6) is 0.759. The van der Waals surface area contributed by atoms with Crippen molar-refractivity contribution in [1.82, 2.24) is 14.8 Å². The van der Waals surface area contributed by atoms with Crippen molar-refractivity contribution in [2.75, 3.05) is 17.2 Å². The number of fused-ring (bicyclic) bond motifs is 1. The van der Waals surface area contributed by atoms with Gasteiger partial charge in [-0.2, -0.15) is 5.10 Å². The largest absolute Gasteiger partial charge is 0.368 e. The molecule has 0 saturated carbocycles. The van der Waals surface area contributed by atoms with Gasteiger partial charge in [-0.15, -0.1) is 0 Å². The fourth-order valence-electron chi connectivity index (χ4n) is 1.93. The van der Waals surface area contributed by atoms with Gasteiger partial charge in [0.2, 0.25) is 0 Å². The number of hydrogen-bond acceptors (Lipinski definition) is 3. The predicted octanol–water partition coefficient (Wildman–Crippen LogP) is 1.28. The summed E-state index contributed by atoms with van der Waals surface area (Å²) in [4.78, 5) is 14.7. The molecule has 6 heteroatoms. The Hall–Kier alpha value is -2.24. The second-order valence-electron chi connectivity index (χ2n) is 3.96. The Balaban J connectivity index is 1.81. The lowest BCUT2D eigenvalue weighted by Gasteiger charge is -2.16. The van der Waals surface area contributed by atoms with Crippen LogP contribution in [0.2, 0.25) is 0 Å². The number of aryl methyl sites for hydroxylation is 1. The number of anilines is 2. The van der Waals surface area contributed by atoms with Gasteiger partial charge in [0.15, 0.2) is 0 Å². The van der Waals surface area contributed by atoms with E-state index < -0.39 is 0 Å². The number of nitrogens with zero attached hydrogens (tertiary/aromatic N) is 2. The third-order valence-electron chi connectivity index (χ3n) is 2.79. The zero-order valence-electron chi connectivity index (χ0n) is 9.23. The van der Waals surface area contributed by atoms with Crippen molar-refractivity contribution in [2.24, 2.45) is 0 Å². The van der Waals surface area contributed by atoms with Gasteiger partial charge in [0, 0.05) is 25.5 Å². The number of amides is 1. The van der Waals surface area contributed by atoms with Crippen molar-refractivity contribution >= 4 is 17.4 Å². The maximum atomic E-state index is 11.9. The molecule has 0 radical (unpaired) electrons. The second kappa shape index (κ2) is 3.97. The lowest BCUT2D eigenvalue weighted by atomic mass is 10.3. The van der Waals surface area contributed by atoms with Crippen molar-refractivity contribution in [3.63, 3.8) is 0 Å². The fourth-order valence-corrected chi connectivity index (χ4v) is 1.93. The van der Waals surface area contributed by atoms with Crippen LogP contribution in [-0.4, -0.2) is 27.2 Å². The molecule has 3 rings (SSSR count). The van der Waals surface area contributed by atoms with Crippen LogP contribution in [0, 0.1) is 0 Å². The number of H-pyrrole nitrogens is 1. The van der Waals surface area contributed by atoms with E-state index >= 15 is 0 Å². The zero-order chi connectivity index (χ0) is 11.7. The van der Waals surface area contributed by atoms with E-state index in [1.165, 1.54) is 0 Å². The summed E-state index contributed by atoms with van der Waals surface area (Å²) in [5.41, 5.74) is 1.34. The molecule has 1 aliphatic rings. The highest BCUT2D eigenvalue weighted by atomic mass is 16.1. The topological polar surface area (TPSA) is 74.7 Å². The fraction of sp³-hybridized carbons (Fsp3) is 0.273. The molecule has 3 N–H and O–H groups in total. The quantitative estimate of drug-likeness (QED) is 0.728. The number of carbonyl (C=O) groups excluding carboxylic acids is 1. The van der Waals surface area contributed by atoms with Crippen LogP contribution in [0.3, 0.4) is 0 Å². The molecule has 0 atom stereocenters. The molecule has 0 bridgehead atoms. The second-order valence-corrected chi connectivity index (χ2v) is 3.96. The van der Waals surface area contributed by atoms with E-state index in [9.17, 15) is 4.79 Å². The van der Waals surface area contributed by atoms with E-state index in [4.69, 9.17) is 0 Å². The van der Waals surface area contributed by atoms with Gasteiger partial charge in [-0.05, 0) is 12.5 Å². The first-order chi connectivity index (χ1) is 8.34. The molecule has 6 nitrogen and oxygen atoms in total. The number of hydrogen-bond donors (Lipinski definition) is 3. The van der Waals surface area contributed by atoms with Gasteiger partial charge < -0.3 is 15.6 Å². The van der Waals surface area contributed by atoms with Crippen LogP contribution in [0.5, 0.6) is 0 Å². The molecule has 88 valence electrons. The van der Waals surface area contributed by atoms with Crippen molar-refractivity contribution in [2.45, 2.75) is 13.0 Å². The minimum Gasteiger partial charge on any atom is -0.368 e. The van der Waals surface area contributed by atoms with Crippen LogP contribution in [0.1, 0.15) is 16.8 Å². The molecule has 2 aromatic heterocycles. The average molecular weight is 231 g/mol. The summed E-state index contributed by atoms with van der Waals surface area (Å²) in [6.07, 6.45) is 6.12. The summed E-state index contributed by atoms with van der Waals surface area (Å²) in [6.45, 7) is 1.81. The van der Waals surface area contributed by atoms with E-state index in [1.807, 2.05) is 4.68 Å². The molecule has 0 fully saturated rings. The first-order valence-corrected chi connectivity index (χ1v) is 5.58. The van der Waals surface area contributed by atoms with Gasteiger partial charge in [0.05, 0.1) is 11.8 Å². The van der Waals surface area contributed by atoms with Crippen LogP contribution in [0.25, 0.3) is 0 Å². The van der Waals surface area contributed by atoms with E-state index in [1.54, 1.807) is 24.7 Å². The third kappa shape index (κ3) is 1.77. The monoisotopic (exact) mass is 231 g/mol. The zero-order valence-corrected chi connectivity index (χ0v) is 9.23. The Bertz CT molecular complexity index is 528. The summed E-state index contributed by atoms with van der Waals surface area (Å²) < 4.78 is 1.87. The predicted molar refractivity (Wildman–Crippen MR) is 64.1 cm³/mol. The number of aromatic nitrogens is 3. The normalized spacial score (nSPS) is 13.9. The Labute approximate surface area is 98.0 Å². The maximum Gasteiger partial charge on any atom is 0.257 e. The molecule has 2 aromatic rings. The first-order valence-electron chi connectivity index (χ1n) is 5.58. The van der Waals surface area contributed by atoms with E-state index in [-0.39, 0.29) is 5.91 Å². The van der Waals surface area contributed by atoms with E-state index in [0.717, 1.165) is 31.0 Å². The molecule has 0 unspecified atom stereocenters. The van der Waals surface area contributed by atoms with Gasteiger partial charge in [-0.25, -0.2) is 4.68 Å².